The van der Waals surface area contributed by atoms with E-state index in [0.29, 0.717) is 0 Å². The second-order valence-corrected chi connectivity index (χ2v) is 6.12. The van der Waals surface area contributed by atoms with Gasteiger partial charge in [-0.25, -0.2) is 4.39 Å². The molecule has 0 bridgehead atoms. The highest BCUT2D eigenvalue weighted by Gasteiger charge is 2.17. The van der Waals surface area contributed by atoms with E-state index in [1.807, 2.05) is 36.4 Å². The van der Waals surface area contributed by atoms with Crippen LogP contribution in [0.3, 0.4) is 0 Å². The molecule has 0 saturated carbocycles. The first-order chi connectivity index (χ1) is 13.0. The van der Waals surface area contributed by atoms with Gasteiger partial charge in [-0.3, -0.25) is 20.4 Å². The molecule has 3 aromatic carbocycles. The summed E-state index contributed by atoms with van der Waals surface area (Å²) < 4.78 is 18.8. The Bertz CT molecular complexity index is 1000. The van der Waals surface area contributed by atoms with E-state index in [2.05, 4.69) is 10.9 Å². The second kappa shape index (κ2) is 7.86. The first-order valence-corrected chi connectivity index (χ1v) is 8.42. The van der Waals surface area contributed by atoms with Crippen LogP contribution in [0.2, 0.25) is 0 Å². The molecule has 0 aliphatic carbocycles. The molecule has 0 fully saturated rings. The number of rotatable bonds is 4. The van der Waals surface area contributed by atoms with Gasteiger partial charge in [0.15, 0.2) is 0 Å². The summed E-state index contributed by atoms with van der Waals surface area (Å²) in [6, 6.07) is 16.9. The lowest BCUT2D eigenvalue weighted by molar-refractivity contribution is -0.123. The SMILES string of the molecule is COc1ccc2cc(C(C)C(=O)NNC(=O)c3ccccc3F)ccc2c1. The minimum absolute atomic E-state index is 0.134. The highest BCUT2D eigenvalue weighted by atomic mass is 19.1. The molecule has 0 spiro atoms. The zero-order valence-corrected chi connectivity index (χ0v) is 15.0. The molecule has 0 heterocycles. The second-order valence-electron chi connectivity index (χ2n) is 6.12. The minimum atomic E-state index is -0.709. The van der Waals surface area contributed by atoms with Crippen molar-refractivity contribution < 1.29 is 18.7 Å². The van der Waals surface area contributed by atoms with Gasteiger partial charge in [0.2, 0.25) is 5.91 Å². The molecule has 27 heavy (non-hydrogen) atoms. The number of carbonyl (C=O) groups excluding carboxylic acids is 2. The molecule has 6 heteroatoms. The molecule has 3 aromatic rings. The van der Waals surface area contributed by atoms with Gasteiger partial charge in [-0.15, -0.1) is 0 Å². The zero-order chi connectivity index (χ0) is 19.4. The van der Waals surface area contributed by atoms with Gasteiger partial charge in [0.25, 0.3) is 5.91 Å². The van der Waals surface area contributed by atoms with Gasteiger partial charge in [0.05, 0.1) is 18.6 Å². The number of carbonyl (C=O) groups is 2. The summed E-state index contributed by atoms with van der Waals surface area (Å²) in [5.74, 6) is -1.50. The fraction of sp³-hybridized carbons (Fsp3) is 0.143. The van der Waals surface area contributed by atoms with E-state index in [9.17, 15) is 14.0 Å². The van der Waals surface area contributed by atoms with Crippen molar-refractivity contribution in [3.05, 3.63) is 77.6 Å². The lowest BCUT2D eigenvalue weighted by atomic mass is 9.97. The van der Waals surface area contributed by atoms with Crippen molar-refractivity contribution in [2.24, 2.45) is 0 Å². The smallest absolute Gasteiger partial charge is 0.272 e. The normalized spacial score (nSPS) is 11.7. The molecule has 1 unspecified atom stereocenters. The first-order valence-electron chi connectivity index (χ1n) is 8.42. The van der Waals surface area contributed by atoms with E-state index in [-0.39, 0.29) is 5.56 Å². The number of fused-ring (bicyclic) bond motifs is 1. The number of hydrogen-bond acceptors (Lipinski definition) is 3. The maximum absolute atomic E-state index is 13.6. The number of hydrazine groups is 1. The summed E-state index contributed by atoms with van der Waals surface area (Å²) >= 11 is 0. The zero-order valence-electron chi connectivity index (χ0n) is 15.0. The van der Waals surface area contributed by atoms with E-state index in [1.54, 1.807) is 20.1 Å². The Kier molecular flexibility index (Phi) is 5.35. The summed E-state index contributed by atoms with van der Waals surface area (Å²) in [4.78, 5) is 24.3. The Morgan fingerprint density at radius 2 is 1.67 bits per heavy atom. The summed E-state index contributed by atoms with van der Waals surface area (Å²) in [5, 5.41) is 1.97. The topological polar surface area (TPSA) is 67.4 Å². The van der Waals surface area contributed by atoms with Gasteiger partial charge >= 0.3 is 0 Å². The van der Waals surface area contributed by atoms with Gasteiger partial charge < -0.3 is 4.74 Å². The maximum atomic E-state index is 13.6. The third-order valence-corrected chi connectivity index (χ3v) is 4.38. The average molecular weight is 366 g/mol. The fourth-order valence-electron chi connectivity index (χ4n) is 2.73. The van der Waals surface area contributed by atoms with Gasteiger partial charge in [0, 0.05) is 0 Å². The van der Waals surface area contributed by atoms with Crippen LogP contribution in [0, 0.1) is 5.82 Å². The van der Waals surface area contributed by atoms with Crippen LogP contribution in [0.1, 0.15) is 28.8 Å². The highest BCUT2D eigenvalue weighted by molar-refractivity contribution is 5.96. The van der Waals surface area contributed by atoms with Crippen LogP contribution in [-0.2, 0) is 4.79 Å². The van der Waals surface area contributed by atoms with E-state index in [0.717, 1.165) is 22.1 Å². The standard InChI is InChI=1S/C21H19FN2O3/c1-13(14-7-8-16-12-17(27-2)10-9-15(16)11-14)20(25)23-24-21(26)18-5-3-4-6-19(18)22/h3-13H,1-2H3,(H,23,25)(H,24,26). The average Bonchev–Trinajstić information content (AvgIpc) is 2.70. The largest absolute Gasteiger partial charge is 0.497 e. The van der Waals surface area contributed by atoms with Crippen molar-refractivity contribution >= 4 is 22.6 Å². The van der Waals surface area contributed by atoms with Crippen LogP contribution in [0.4, 0.5) is 4.39 Å². The number of amides is 2. The number of ether oxygens (including phenoxy) is 1. The Hall–Kier alpha value is -3.41. The lowest BCUT2D eigenvalue weighted by Crippen LogP contribution is -2.43. The Morgan fingerprint density at radius 3 is 2.41 bits per heavy atom. The molecule has 2 amide bonds. The third-order valence-electron chi connectivity index (χ3n) is 4.38. The Balaban J connectivity index is 1.69. The summed E-state index contributed by atoms with van der Waals surface area (Å²) in [6.07, 6.45) is 0. The number of benzene rings is 3. The number of hydrogen-bond donors (Lipinski definition) is 2. The summed E-state index contributed by atoms with van der Waals surface area (Å²) in [6.45, 7) is 1.73. The van der Waals surface area contributed by atoms with Gasteiger partial charge in [-0.1, -0.05) is 36.4 Å². The molecule has 3 rings (SSSR count). The van der Waals surface area contributed by atoms with Crippen LogP contribution < -0.4 is 15.6 Å². The Labute approximate surface area is 156 Å². The van der Waals surface area contributed by atoms with Crippen molar-refractivity contribution in [3.63, 3.8) is 0 Å². The fourth-order valence-corrected chi connectivity index (χ4v) is 2.73. The molecule has 0 aromatic heterocycles. The van der Waals surface area contributed by atoms with Crippen LogP contribution in [0.25, 0.3) is 10.8 Å². The summed E-state index contributed by atoms with van der Waals surface area (Å²) in [7, 11) is 1.61. The van der Waals surface area contributed by atoms with E-state index in [4.69, 9.17) is 4.74 Å². The van der Waals surface area contributed by atoms with Crippen molar-refractivity contribution in [2.75, 3.05) is 7.11 Å². The third kappa shape index (κ3) is 4.06. The molecule has 0 aliphatic rings. The number of nitrogens with one attached hydrogen (secondary N) is 2. The van der Waals surface area contributed by atoms with Crippen LogP contribution >= 0.6 is 0 Å². The number of halogens is 1. The highest BCUT2D eigenvalue weighted by Crippen LogP contribution is 2.25. The van der Waals surface area contributed by atoms with Gasteiger partial charge in [0.1, 0.15) is 11.6 Å². The molecule has 0 radical (unpaired) electrons. The summed E-state index contributed by atoms with van der Waals surface area (Å²) in [5.41, 5.74) is 5.26. The van der Waals surface area contributed by atoms with Crippen molar-refractivity contribution in [1.29, 1.82) is 0 Å². The monoisotopic (exact) mass is 366 g/mol. The molecular weight excluding hydrogens is 347 g/mol. The molecule has 2 N–H and O–H groups in total. The predicted molar refractivity (Wildman–Crippen MR) is 101 cm³/mol. The predicted octanol–water partition coefficient (Wildman–Crippen LogP) is 3.55. The molecule has 5 nitrogen and oxygen atoms in total. The van der Waals surface area contributed by atoms with E-state index < -0.39 is 23.5 Å². The van der Waals surface area contributed by atoms with Crippen molar-refractivity contribution in [3.8, 4) is 5.75 Å². The lowest BCUT2D eigenvalue weighted by Gasteiger charge is -2.14. The molecule has 138 valence electrons. The van der Waals surface area contributed by atoms with Crippen molar-refractivity contribution in [2.45, 2.75) is 12.8 Å². The van der Waals surface area contributed by atoms with E-state index >= 15 is 0 Å². The molecule has 0 aliphatic heterocycles. The molecular formula is C21H19FN2O3. The maximum Gasteiger partial charge on any atom is 0.272 e. The van der Waals surface area contributed by atoms with Gasteiger partial charge in [-0.2, -0.15) is 0 Å². The molecule has 1 atom stereocenters. The van der Waals surface area contributed by atoms with Gasteiger partial charge in [-0.05, 0) is 47.5 Å². The minimum Gasteiger partial charge on any atom is -0.497 e. The van der Waals surface area contributed by atoms with Crippen LogP contribution in [0.5, 0.6) is 5.75 Å². The quantitative estimate of drug-likeness (QED) is 0.694. The first kappa shape index (κ1) is 18.4. The Morgan fingerprint density at radius 1 is 0.963 bits per heavy atom. The van der Waals surface area contributed by atoms with Crippen LogP contribution in [-0.4, -0.2) is 18.9 Å². The van der Waals surface area contributed by atoms with Crippen LogP contribution in [0.15, 0.2) is 60.7 Å². The van der Waals surface area contributed by atoms with Crippen molar-refractivity contribution in [1.82, 2.24) is 10.9 Å². The van der Waals surface area contributed by atoms with E-state index in [1.165, 1.54) is 18.2 Å². The number of methoxy groups -OCH3 is 1. The molecule has 0 saturated heterocycles.